The van der Waals surface area contributed by atoms with Crippen LogP contribution in [-0.2, 0) is 9.59 Å². The zero-order valence-corrected chi connectivity index (χ0v) is 9.41. The van der Waals surface area contributed by atoms with Gasteiger partial charge in [0, 0.05) is 0 Å². The van der Waals surface area contributed by atoms with E-state index in [0.29, 0.717) is 12.8 Å². The number of carboxylic acid groups (broad SMARTS) is 2. The Labute approximate surface area is 89.3 Å². The molecule has 0 spiro atoms. The summed E-state index contributed by atoms with van der Waals surface area (Å²) >= 11 is 0. The van der Waals surface area contributed by atoms with E-state index in [2.05, 4.69) is 0 Å². The van der Waals surface area contributed by atoms with Gasteiger partial charge in [0.15, 0.2) is 5.41 Å². The van der Waals surface area contributed by atoms with Crippen molar-refractivity contribution in [3.8, 4) is 0 Å². The molecule has 1 fully saturated rings. The first-order valence-corrected chi connectivity index (χ1v) is 5.19. The molecule has 1 saturated carbocycles. The highest BCUT2D eigenvalue weighted by atomic mass is 16.4. The van der Waals surface area contributed by atoms with Crippen LogP contribution in [0.5, 0.6) is 0 Å². The molecule has 15 heavy (non-hydrogen) atoms. The first kappa shape index (κ1) is 12.0. The molecule has 0 bridgehead atoms. The molecular weight excluding hydrogens is 196 g/mol. The molecule has 0 aromatic carbocycles. The van der Waals surface area contributed by atoms with Crippen molar-refractivity contribution in [1.82, 2.24) is 0 Å². The molecular formula is C11H18O4. The van der Waals surface area contributed by atoms with Gasteiger partial charge in [0.05, 0.1) is 0 Å². The third-order valence-electron chi connectivity index (χ3n) is 3.47. The van der Waals surface area contributed by atoms with Crippen molar-refractivity contribution < 1.29 is 19.8 Å². The average molecular weight is 214 g/mol. The minimum absolute atomic E-state index is 0.250. The molecule has 0 aromatic rings. The predicted octanol–water partition coefficient (Wildman–Crippen LogP) is 1.99. The fourth-order valence-electron chi connectivity index (χ4n) is 2.78. The van der Waals surface area contributed by atoms with E-state index in [4.69, 9.17) is 0 Å². The fraction of sp³-hybridized carbons (Fsp3) is 0.818. The second-order valence-corrected chi connectivity index (χ2v) is 5.39. The number of hydrogen-bond donors (Lipinski definition) is 2. The maximum absolute atomic E-state index is 11.2. The second kappa shape index (κ2) is 3.51. The van der Waals surface area contributed by atoms with Crippen LogP contribution in [0.1, 0.15) is 40.0 Å². The van der Waals surface area contributed by atoms with Crippen LogP contribution >= 0.6 is 0 Å². The SMILES string of the molecule is CC(C)(C)C1CCCC1(C(=O)O)C(=O)O. The number of rotatable bonds is 2. The van der Waals surface area contributed by atoms with Crippen LogP contribution in [0.2, 0.25) is 0 Å². The number of aliphatic carboxylic acids is 2. The Morgan fingerprint density at radius 2 is 1.67 bits per heavy atom. The molecule has 1 atom stereocenters. The molecule has 1 rings (SSSR count). The van der Waals surface area contributed by atoms with Crippen LogP contribution in [0, 0.1) is 16.7 Å². The molecule has 2 N–H and O–H groups in total. The molecule has 4 heteroatoms. The first-order valence-electron chi connectivity index (χ1n) is 5.19. The van der Waals surface area contributed by atoms with Crippen molar-refractivity contribution in [1.29, 1.82) is 0 Å². The van der Waals surface area contributed by atoms with Crippen LogP contribution in [0.15, 0.2) is 0 Å². The van der Waals surface area contributed by atoms with E-state index in [-0.39, 0.29) is 17.8 Å². The van der Waals surface area contributed by atoms with Crippen LogP contribution in [0.3, 0.4) is 0 Å². The number of carbonyl (C=O) groups is 2. The Hall–Kier alpha value is -1.06. The summed E-state index contributed by atoms with van der Waals surface area (Å²) in [5.74, 6) is -2.67. The van der Waals surface area contributed by atoms with Gasteiger partial charge in [0.1, 0.15) is 0 Å². The maximum atomic E-state index is 11.2. The van der Waals surface area contributed by atoms with E-state index in [0.717, 1.165) is 0 Å². The summed E-state index contributed by atoms with van der Waals surface area (Å²) in [6.07, 6.45) is 1.61. The van der Waals surface area contributed by atoms with Crippen molar-refractivity contribution in [3.05, 3.63) is 0 Å². The number of carboxylic acids is 2. The second-order valence-electron chi connectivity index (χ2n) is 5.39. The Bertz CT molecular complexity index is 273. The van der Waals surface area contributed by atoms with Gasteiger partial charge in [-0.25, -0.2) is 0 Å². The van der Waals surface area contributed by atoms with Crippen molar-refractivity contribution in [2.75, 3.05) is 0 Å². The predicted molar refractivity (Wildman–Crippen MR) is 54.5 cm³/mol. The molecule has 0 saturated heterocycles. The van der Waals surface area contributed by atoms with Crippen LogP contribution in [0.25, 0.3) is 0 Å². The summed E-state index contributed by atoms with van der Waals surface area (Å²) < 4.78 is 0. The van der Waals surface area contributed by atoms with Gasteiger partial charge in [-0.1, -0.05) is 27.2 Å². The molecule has 1 aliphatic rings. The zero-order valence-electron chi connectivity index (χ0n) is 9.41. The van der Waals surface area contributed by atoms with Gasteiger partial charge in [-0.3, -0.25) is 9.59 Å². The summed E-state index contributed by atoms with van der Waals surface area (Å²) in [6, 6.07) is 0. The lowest BCUT2D eigenvalue weighted by Gasteiger charge is -2.36. The van der Waals surface area contributed by atoms with Gasteiger partial charge in [-0.2, -0.15) is 0 Å². The molecule has 0 heterocycles. The monoisotopic (exact) mass is 214 g/mol. The van der Waals surface area contributed by atoms with E-state index in [1.807, 2.05) is 20.8 Å². The van der Waals surface area contributed by atoms with Gasteiger partial charge in [-0.15, -0.1) is 0 Å². The van der Waals surface area contributed by atoms with E-state index < -0.39 is 17.4 Å². The zero-order chi connectivity index (χ0) is 11.9. The molecule has 0 aromatic heterocycles. The molecule has 0 aliphatic heterocycles. The van der Waals surface area contributed by atoms with Gasteiger partial charge < -0.3 is 10.2 Å². The standard InChI is InChI=1S/C11H18O4/c1-10(2,3)7-5-4-6-11(7,8(12)13)9(14)15/h7H,4-6H2,1-3H3,(H,12,13)(H,14,15). The molecule has 0 radical (unpaired) electrons. The highest BCUT2D eigenvalue weighted by Gasteiger charge is 2.58. The normalized spacial score (nSPS) is 25.1. The Morgan fingerprint density at radius 3 is 1.93 bits per heavy atom. The topological polar surface area (TPSA) is 74.6 Å². The van der Waals surface area contributed by atoms with Crippen molar-refractivity contribution >= 4 is 11.9 Å². The summed E-state index contributed by atoms with van der Waals surface area (Å²) in [7, 11) is 0. The lowest BCUT2D eigenvalue weighted by Crippen LogP contribution is -2.46. The van der Waals surface area contributed by atoms with Gasteiger partial charge >= 0.3 is 11.9 Å². The third-order valence-corrected chi connectivity index (χ3v) is 3.47. The molecule has 1 aliphatic carbocycles. The van der Waals surface area contributed by atoms with E-state index >= 15 is 0 Å². The quantitative estimate of drug-likeness (QED) is 0.689. The summed E-state index contributed by atoms with van der Waals surface area (Å²) in [5, 5.41) is 18.4. The summed E-state index contributed by atoms with van der Waals surface area (Å²) in [6.45, 7) is 5.72. The van der Waals surface area contributed by atoms with Gasteiger partial charge in [-0.05, 0) is 24.2 Å². The van der Waals surface area contributed by atoms with Crippen LogP contribution in [0.4, 0.5) is 0 Å². The lowest BCUT2D eigenvalue weighted by atomic mass is 9.66. The van der Waals surface area contributed by atoms with E-state index in [9.17, 15) is 19.8 Å². The average Bonchev–Trinajstić information content (AvgIpc) is 2.46. The summed E-state index contributed by atoms with van der Waals surface area (Å²) in [4.78, 5) is 22.5. The number of hydrogen-bond acceptors (Lipinski definition) is 2. The minimum Gasteiger partial charge on any atom is -0.480 e. The van der Waals surface area contributed by atoms with Crippen LogP contribution < -0.4 is 0 Å². The van der Waals surface area contributed by atoms with Crippen molar-refractivity contribution in [2.24, 2.45) is 16.7 Å². The van der Waals surface area contributed by atoms with Crippen molar-refractivity contribution in [2.45, 2.75) is 40.0 Å². The smallest absolute Gasteiger partial charge is 0.321 e. The van der Waals surface area contributed by atoms with E-state index in [1.165, 1.54) is 0 Å². The van der Waals surface area contributed by atoms with Crippen LogP contribution in [-0.4, -0.2) is 22.2 Å². The largest absolute Gasteiger partial charge is 0.480 e. The highest BCUT2D eigenvalue weighted by molar-refractivity contribution is 5.99. The van der Waals surface area contributed by atoms with Crippen molar-refractivity contribution in [3.63, 3.8) is 0 Å². The molecule has 0 amide bonds. The molecule has 86 valence electrons. The van der Waals surface area contributed by atoms with Gasteiger partial charge in [0.25, 0.3) is 0 Å². The lowest BCUT2D eigenvalue weighted by molar-refractivity contribution is -0.170. The highest BCUT2D eigenvalue weighted by Crippen LogP contribution is 2.52. The minimum atomic E-state index is -1.57. The molecule has 4 nitrogen and oxygen atoms in total. The Balaban J connectivity index is 3.18. The summed E-state index contributed by atoms with van der Waals surface area (Å²) in [5.41, 5.74) is -1.86. The Kier molecular flexibility index (Phi) is 2.81. The Morgan fingerprint density at radius 1 is 1.20 bits per heavy atom. The first-order chi connectivity index (χ1) is 6.73. The molecule has 1 unspecified atom stereocenters. The fourth-order valence-corrected chi connectivity index (χ4v) is 2.78. The maximum Gasteiger partial charge on any atom is 0.321 e. The van der Waals surface area contributed by atoms with E-state index in [1.54, 1.807) is 0 Å². The third kappa shape index (κ3) is 1.73. The van der Waals surface area contributed by atoms with Gasteiger partial charge in [0.2, 0.25) is 0 Å².